The molecule has 1 aromatic rings. The van der Waals surface area contributed by atoms with Gasteiger partial charge in [-0.1, -0.05) is 0 Å². The average Bonchev–Trinajstić information content (AvgIpc) is 2.31. The summed E-state index contributed by atoms with van der Waals surface area (Å²) in [6.45, 7) is 4.05. The minimum atomic E-state index is 0.00356. The predicted octanol–water partition coefficient (Wildman–Crippen LogP) is 1.72. The molecule has 0 saturated heterocycles. The summed E-state index contributed by atoms with van der Waals surface area (Å²) >= 11 is 0. The van der Waals surface area contributed by atoms with Crippen molar-refractivity contribution in [3.63, 3.8) is 0 Å². The smallest absolute Gasteiger partial charge is 0.180 e. The van der Waals surface area contributed by atoms with Gasteiger partial charge < -0.3 is 14.8 Å². The number of carbonyl (C=O) groups excluding carboxylic acids is 1. The average molecular weight is 237 g/mol. The van der Waals surface area contributed by atoms with E-state index in [-0.39, 0.29) is 12.3 Å². The second kappa shape index (κ2) is 5.68. The summed E-state index contributed by atoms with van der Waals surface area (Å²) in [7, 11) is 4.91. The molecule has 1 N–H and O–H groups in total. The zero-order valence-electron chi connectivity index (χ0n) is 11.0. The van der Waals surface area contributed by atoms with Gasteiger partial charge >= 0.3 is 0 Å². The largest absolute Gasteiger partial charge is 0.496 e. The lowest BCUT2D eigenvalue weighted by Crippen LogP contribution is -2.20. The van der Waals surface area contributed by atoms with Crippen LogP contribution in [0.1, 0.15) is 21.5 Å². The van der Waals surface area contributed by atoms with E-state index in [9.17, 15) is 4.79 Å². The molecule has 0 aliphatic carbocycles. The van der Waals surface area contributed by atoms with Crippen LogP contribution in [0.4, 0.5) is 0 Å². The molecule has 0 bridgehead atoms. The lowest BCUT2D eigenvalue weighted by molar-refractivity contribution is 0.0989. The van der Waals surface area contributed by atoms with Crippen LogP contribution in [0.15, 0.2) is 6.07 Å². The van der Waals surface area contributed by atoms with Crippen LogP contribution in [-0.4, -0.2) is 33.6 Å². The number of rotatable bonds is 5. The molecule has 0 heterocycles. The van der Waals surface area contributed by atoms with E-state index in [4.69, 9.17) is 9.47 Å². The fourth-order valence-corrected chi connectivity index (χ4v) is 1.92. The molecule has 0 atom stereocenters. The van der Waals surface area contributed by atoms with Crippen molar-refractivity contribution in [3.8, 4) is 11.5 Å². The van der Waals surface area contributed by atoms with Gasteiger partial charge in [0.15, 0.2) is 5.78 Å². The number of likely N-dealkylation sites (N-methyl/N-ethyl adjacent to an activating group) is 1. The molecule has 17 heavy (non-hydrogen) atoms. The summed E-state index contributed by atoms with van der Waals surface area (Å²) < 4.78 is 10.6. The molecule has 0 amide bonds. The van der Waals surface area contributed by atoms with Crippen molar-refractivity contribution in [2.75, 3.05) is 27.8 Å². The highest BCUT2D eigenvalue weighted by atomic mass is 16.5. The van der Waals surface area contributed by atoms with Crippen molar-refractivity contribution < 1.29 is 14.3 Å². The lowest BCUT2D eigenvalue weighted by atomic mass is 9.99. The van der Waals surface area contributed by atoms with Gasteiger partial charge in [0.1, 0.15) is 11.5 Å². The van der Waals surface area contributed by atoms with Crippen LogP contribution >= 0.6 is 0 Å². The van der Waals surface area contributed by atoms with Crippen molar-refractivity contribution in [1.29, 1.82) is 0 Å². The number of Topliss-reactive ketones (excluding diaryl/α,β-unsaturated/α-hetero) is 1. The molecule has 0 fully saturated rings. The van der Waals surface area contributed by atoms with Gasteiger partial charge in [0.25, 0.3) is 0 Å². The summed E-state index contributed by atoms with van der Waals surface area (Å²) in [5, 5.41) is 2.86. The zero-order chi connectivity index (χ0) is 13.0. The molecular weight excluding hydrogens is 218 g/mol. The van der Waals surface area contributed by atoms with E-state index < -0.39 is 0 Å². The molecule has 0 saturated carbocycles. The third-order valence-electron chi connectivity index (χ3n) is 2.72. The Morgan fingerprint density at radius 1 is 1.29 bits per heavy atom. The number of benzene rings is 1. The summed E-state index contributed by atoms with van der Waals surface area (Å²) in [6, 6.07) is 1.88. The summed E-state index contributed by atoms with van der Waals surface area (Å²) in [5.41, 5.74) is 2.31. The molecule has 0 unspecified atom stereocenters. The monoisotopic (exact) mass is 237 g/mol. The fourth-order valence-electron chi connectivity index (χ4n) is 1.92. The van der Waals surface area contributed by atoms with Gasteiger partial charge in [0.2, 0.25) is 0 Å². The number of nitrogens with one attached hydrogen (secondary N) is 1. The molecule has 0 aliphatic heterocycles. The quantitative estimate of drug-likeness (QED) is 0.792. The minimum Gasteiger partial charge on any atom is -0.496 e. The van der Waals surface area contributed by atoms with E-state index in [0.29, 0.717) is 17.1 Å². The van der Waals surface area contributed by atoms with Crippen molar-refractivity contribution >= 4 is 5.78 Å². The molecule has 1 rings (SSSR count). The van der Waals surface area contributed by atoms with E-state index in [1.165, 1.54) is 0 Å². The highest BCUT2D eigenvalue weighted by Crippen LogP contribution is 2.33. The molecule has 1 aromatic carbocycles. The first-order chi connectivity index (χ1) is 8.06. The van der Waals surface area contributed by atoms with E-state index >= 15 is 0 Å². The topological polar surface area (TPSA) is 47.6 Å². The Balaban J connectivity index is 3.42. The summed E-state index contributed by atoms with van der Waals surface area (Å²) in [4.78, 5) is 12.1. The fraction of sp³-hybridized carbons (Fsp3) is 0.462. The second-order valence-corrected chi connectivity index (χ2v) is 3.88. The van der Waals surface area contributed by atoms with Crippen LogP contribution in [0.25, 0.3) is 0 Å². The molecule has 0 aliphatic rings. The zero-order valence-corrected chi connectivity index (χ0v) is 11.0. The Hall–Kier alpha value is -1.55. The van der Waals surface area contributed by atoms with Crippen LogP contribution in [-0.2, 0) is 0 Å². The van der Waals surface area contributed by atoms with Crippen LogP contribution in [0.3, 0.4) is 0 Å². The van der Waals surface area contributed by atoms with E-state index in [0.717, 1.165) is 11.1 Å². The maximum atomic E-state index is 12.1. The van der Waals surface area contributed by atoms with Crippen molar-refractivity contribution in [2.24, 2.45) is 0 Å². The SMILES string of the molecule is CNCC(=O)c1c(C)c(OC)cc(C)c1OC. The number of aryl methyl sites for hydroxylation is 1. The van der Waals surface area contributed by atoms with Gasteiger partial charge in [-0.2, -0.15) is 0 Å². The standard InChI is InChI=1S/C13H19NO3/c1-8-6-11(16-4)9(2)12(13(8)17-5)10(15)7-14-3/h6,14H,7H2,1-5H3. The van der Waals surface area contributed by atoms with Gasteiger partial charge in [0.05, 0.1) is 26.3 Å². The molecular formula is C13H19NO3. The third kappa shape index (κ3) is 2.58. The van der Waals surface area contributed by atoms with E-state index in [1.54, 1.807) is 21.3 Å². The van der Waals surface area contributed by atoms with Crippen molar-refractivity contribution in [1.82, 2.24) is 5.32 Å². The van der Waals surface area contributed by atoms with Gasteiger partial charge in [0, 0.05) is 5.56 Å². The highest BCUT2D eigenvalue weighted by molar-refractivity contribution is 6.02. The number of hydrogen-bond donors (Lipinski definition) is 1. The minimum absolute atomic E-state index is 0.00356. The maximum Gasteiger partial charge on any atom is 0.180 e. The molecule has 94 valence electrons. The second-order valence-electron chi connectivity index (χ2n) is 3.88. The Kier molecular flexibility index (Phi) is 4.52. The molecule has 0 spiro atoms. The van der Waals surface area contributed by atoms with Crippen molar-refractivity contribution in [2.45, 2.75) is 13.8 Å². The Morgan fingerprint density at radius 2 is 1.94 bits per heavy atom. The van der Waals surface area contributed by atoms with Gasteiger partial charge in [-0.25, -0.2) is 0 Å². The number of ketones is 1. The maximum absolute atomic E-state index is 12.1. The summed E-state index contributed by atoms with van der Waals surface area (Å²) in [5.74, 6) is 1.34. The molecule has 0 radical (unpaired) electrons. The van der Waals surface area contributed by atoms with Crippen LogP contribution < -0.4 is 14.8 Å². The highest BCUT2D eigenvalue weighted by Gasteiger charge is 2.20. The van der Waals surface area contributed by atoms with Gasteiger partial charge in [-0.15, -0.1) is 0 Å². The summed E-state index contributed by atoms with van der Waals surface area (Å²) in [6.07, 6.45) is 0. The number of methoxy groups -OCH3 is 2. The van der Waals surface area contributed by atoms with E-state index in [2.05, 4.69) is 5.32 Å². The molecule has 0 aromatic heterocycles. The van der Waals surface area contributed by atoms with Crippen LogP contribution in [0.2, 0.25) is 0 Å². The Labute approximate surface area is 102 Å². The van der Waals surface area contributed by atoms with Crippen LogP contribution in [0, 0.1) is 13.8 Å². The van der Waals surface area contributed by atoms with Gasteiger partial charge in [-0.05, 0) is 32.5 Å². The Morgan fingerprint density at radius 3 is 2.41 bits per heavy atom. The number of hydrogen-bond acceptors (Lipinski definition) is 4. The molecule has 4 nitrogen and oxygen atoms in total. The number of carbonyl (C=O) groups is 1. The number of ether oxygens (including phenoxy) is 2. The molecule has 4 heteroatoms. The Bertz CT molecular complexity index is 427. The lowest BCUT2D eigenvalue weighted by Gasteiger charge is -2.16. The first-order valence-electron chi connectivity index (χ1n) is 5.46. The van der Waals surface area contributed by atoms with Crippen LogP contribution in [0.5, 0.6) is 11.5 Å². The van der Waals surface area contributed by atoms with Crippen molar-refractivity contribution in [3.05, 3.63) is 22.8 Å². The first kappa shape index (κ1) is 13.5. The third-order valence-corrected chi connectivity index (χ3v) is 2.72. The normalized spacial score (nSPS) is 10.2. The van der Waals surface area contributed by atoms with E-state index in [1.807, 2.05) is 19.9 Å². The van der Waals surface area contributed by atoms with Gasteiger partial charge in [-0.3, -0.25) is 4.79 Å². The first-order valence-corrected chi connectivity index (χ1v) is 5.46. The predicted molar refractivity (Wildman–Crippen MR) is 67.3 cm³/mol.